The second-order valence-electron chi connectivity index (χ2n) is 7.23. The summed E-state index contributed by atoms with van der Waals surface area (Å²) in [7, 11) is 0. The minimum atomic E-state index is -0.420. The molecule has 2 amide bonds. The zero-order valence-corrected chi connectivity index (χ0v) is 19.8. The molecule has 0 aliphatic carbocycles. The zero-order valence-electron chi connectivity index (χ0n) is 16.7. The molecule has 2 aromatic carbocycles. The summed E-state index contributed by atoms with van der Waals surface area (Å²) in [5.74, 6) is -0.686. The number of carbonyl (C=O) groups is 2. The van der Waals surface area contributed by atoms with Gasteiger partial charge in [0, 0.05) is 22.0 Å². The Labute approximate surface area is 204 Å². The molecule has 32 heavy (non-hydrogen) atoms. The molecule has 1 N–H and O–H groups in total. The highest BCUT2D eigenvalue weighted by atomic mass is 35.5. The third-order valence-corrected chi connectivity index (χ3v) is 6.83. The lowest BCUT2D eigenvalue weighted by molar-refractivity contribution is 0.0672. The van der Waals surface area contributed by atoms with Gasteiger partial charge >= 0.3 is 0 Å². The molecule has 1 atom stereocenters. The van der Waals surface area contributed by atoms with Crippen LogP contribution in [0.3, 0.4) is 0 Å². The van der Waals surface area contributed by atoms with Crippen LogP contribution < -0.4 is 4.90 Å². The van der Waals surface area contributed by atoms with Crippen LogP contribution in [0, 0.1) is 0 Å². The largest absolute Gasteiger partial charge is 0.394 e. The summed E-state index contributed by atoms with van der Waals surface area (Å²) in [5, 5.41) is 12.6. The molecule has 1 aliphatic heterocycles. The van der Waals surface area contributed by atoms with Crippen LogP contribution in [-0.4, -0.2) is 46.0 Å². The van der Waals surface area contributed by atoms with E-state index in [1.165, 1.54) is 22.3 Å². The molecule has 1 aliphatic rings. The molecule has 1 aromatic heterocycles. The van der Waals surface area contributed by atoms with Gasteiger partial charge in [0.05, 0.1) is 28.9 Å². The molecule has 2 heterocycles. The molecule has 1 fully saturated rings. The Kier molecular flexibility index (Phi) is 7.02. The van der Waals surface area contributed by atoms with Crippen molar-refractivity contribution in [3.05, 3.63) is 74.2 Å². The molecule has 166 valence electrons. The van der Waals surface area contributed by atoms with Gasteiger partial charge in [-0.3, -0.25) is 14.5 Å². The molecule has 0 bridgehead atoms. The van der Waals surface area contributed by atoms with Gasteiger partial charge in [-0.05, 0) is 55.3 Å². The minimum absolute atomic E-state index is 0.0901. The summed E-state index contributed by atoms with van der Waals surface area (Å²) in [6.45, 7) is 0.477. The smallest absolute Gasteiger partial charge is 0.273 e. The maximum atomic E-state index is 13.5. The quantitative estimate of drug-likeness (QED) is 0.479. The second kappa shape index (κ2) is 9.77. The Hall–Kier alpha value is -2.16. The number of anilines is 2. The van der Waals surface area contributed by atoms with Crippen molar-refractivity contribution in [2.24, 2.45) is 0 Å². The Bertz CT molecular complexity index is 1150. The zero-order chi connectivity index (χ0) is 22.8. The van der Waals surface area contributed by atoms with Gasteiger partial charge in [-0.2, -0.15) is 0 Å². The van der Waals surface area contributed by atoms with E-state index in [1.54, 1.807) is 46.7 Å². The van der Waals surface area contributed by atoms with Crippen LogP contribution in [0.1, 0.15) is 33.7 Å². The van der Waals surface area contributed by atoms with Gasteiger partial charge in [0.25, 0.3) is 11.8 Å². The molecule has 1 unspecified atom stereocenters. The van der Waals surface area contributed by atoms with E-state index in [0.29, 0.717) is 27.4 Å². The van der Waals surface area contributed by atoms with Crippen molar-refractivity contribution >= 4 is 68.8 Å². The number of nitrogens with zero attached hydrogens (tertiary/aromatic N) is 3. The van der Waals surface area contributed by atoms with E-state index in [0.717, 1.165) is 12.8 Å². The van der Waals surface area contributed by atoms with Crippen molar-refractivity contribution in [2.75, 3.05) is 18.1 Å². The van der Waals surface area contributed by atoms with Gasteiger partial charge in [0.1, 0.15) is 5.69 Å². The molecule has 1 saturated heterocycles. The number of aliphatic hydroxyl groups excluding tert-OH is 1. The first kappa shape index (κ1) is 23.0. The Morgan fingerprint density at radius 1 is 1.12 bits per heavy atom. The number of aromatic nitrogens is 1. The minimum Gasteiger partial charge on any atom is -0.394 e. The fourth-order valence-electron chi connectivity index (χ4n) is 3.59. The van der Waals surface area contributed by atoms with Crippen LogP contribution in [0.2, 0.25) is 15.1 Å². The lowest BCUT2D eigenvalue weighted by Gasteiger charge is -2.22. The summed E-state index contributed by atoms with van der Waals surface area (Å²) < 4.78 is 0. The van der Waals surface area contributed by atoms with Gasteiger partial charge in [-0.15, -0.1) is 11.3 Å². The summed E-state index contributed by atoms with van der Waals surface area (Å²) in [4.78, 5) is 33.9. The van der Waals surface area contributed by atoms with Crippen molar-refractivity contribution in [3.63, 3.8) is 0 Å². The lowest BCUT2D eigenvalue weighted by Crippen LogP contribution is -2.37. The first-order chi connectivity index (χ1) is 15.4. The molecule has 4 rings (SSSR count). The van der Waals surface area contributed by atoms with E-state index in [-0.39, 0.29) is 34.8 Å². The van der Waals surface area contributed by atoms with E-state index in [9.17, 15) is 14.7 Å². The van der Waals surface area contributed by atoms with Gasteiger partial charge < -0.3 is 10.0 Å². The van der Waals surface area contributed by atoms with Crippen LogP contribution in [-0.2, 0) is 0 Å². The van der Waals surface area contributed by atoms with Gasteiger partial charge in [-0.1, -0.05) is 34.8 Å². The van der Waals surface area contributed by atoms with Gasteiger partial charge in [0.2, 0.25) is 0 Å². The van der Waals surface area contributed by atoms with E-state index >= 15 is 0 Å². The number of likely N-dealkylation sites (tertiary alicyclic amines) is 1. The highest BCUT2D eigenvalue weighted by Crippen LogP contribution is 2.34. The maximum absolute atomic E-state index is 13.5. The number of thiazole rings is 1. The summed E-state index contributed by atoms with van der Waals surface area (Å²) >= 11 is 19.5. The molecule has 10 heteroatoms. The predicted molar refractivity (Wildman–Crippen MR) is 128 cm³/mol. The monoisotopic (exact) mass is 509 g/mol. The second-order valence-corrected chi connectivity index (χ2v) is 9.35. The molecule has 6 nitrogen and oxygen atoms in total. The molecular formula is C22H18Cl3N3O3S. The molecule has 0 saturated carbocycles. The van der Waals surface area contributed by atoms with Crippen molar-refractivity contribution in [2.45, 2.75) is 18.9 Å². The van der Waals surface area contributed by atoms with Crippen molar-refractivity contribution < 1.29 is 14.7 Å². The first-order valence-electron chi connectivity index (χ1n) is 9.81. The standard InChI is InChI=1S/C22H18Cl3N3O3S/c23-13-3-6-15(7-4-13)28(20(30)17-8-5-14(24)10-18(17)25)22-26-19(12-32-22)21(31)27-9-1-2-16(27)11-29/h3-8,10,12,16,29H,1-2,9,11H2. The normalized spacial score (nSPS) is 15.8. The lowest BCUT2D eigenvalue weighted by atomic mass is 10.2. The highest BCUT2D eigenvalue weighted by Gasteiger charge is 2.31. The highest BCUT2D eigenvalue weighted by molar-refractivity contribution is 7.14. The average Bonchev–Trinajstić information content (AvgIpc) is 3.44. The molecule has 3 aromatic rings. The number of carbonyl (C=O) groups excluding carboxylic acids is 2. The fraction of sp³-hybridized carbons (Fsp3) is 0.227. The van der Waals surface area contributed by atoms with E-state index in [1.807, 2.05) is 0 Å². The van der Waals surface area contributed by atoms with Crippen molar-refractivity contribution in [1.82, 2.24) is 9.88 Å². The van der Waals surface area contributed by atoms with E-state index in [2.05, 4.69) is 4.98 Å². The van der Waals surface area contributed by atoms with Crippen molar-refractivity contribution in [1.29, 1.82) is 0 Å². The van der Waals surface area contributed by atoms with Crippen LogP contribution in [0.4, 0.5) is 10.8 Å². The summed E-state index contributed by atoms with van der Waals surface area (Å²) in [5.41, 5.74) is 0.987. The van der Waals surface area contributed by atoms with Gasteiger partial charge in [-0.25, -0.2) is 4.98 Å². The number of hydrogen-bond donors (Lipinski definition) is 1. The number of rotatable bonds is 5. The SMILES string of the molecule is O=C(c1ccc(Cl)cc1Cl)N(c1ccc(Cl)cc1)c1nc(C(=O)N2CCCC2CO)cs1. The topological polar surface area (TPSA) is 73.7 Å². The number of amides is 2. The van der Waals surface area contributed by atoms with E-state index < -0.39 is 5.91 Å². The van der Waals surface area contributed by atoms with Crippen molar-refractivity contribution in [3.8, 4) is 0 Å². The maximum Gasteiger partial charge on any atom is 0.273 e. The van der Waals surface area contributed by atoms with Crippen LogP contribution in [0.15, 0.2) is 47.8 Å². The number of aliphatic hydroxyl groups is 1. The number of hydrogen-bond acceptors (Lipinski definition) is 5. The summed E-state index contributed by atoms with van der Waals surface area (Å²) in [6.07, 6.45) is 1.59. The Balaban J connectivity index is 1.72. The molecular weight excluding hydrogens is 493 g/mol. The van der Waals surface area contributed by atoms with Crippen LogP contribution >= 0.6 is 46.1 Å². The summed E-state index contributed by atoms with van der Waals surface area (Å²) in [6, 6.07) is 11.1. The number of halogens is 3. The Morgan fingerprint density at radius 3 is 2.53 bits per heavy atom. The average molecular weight is 511 g/mol. The van der Waals surface area contributed by atoms with Gasteiger partial charge in [0.15, 0.2) is 5.13 Å². The predicted octanol–water partition coefficient (Wildman–Crippen LogP) is 5.68. The third-order valence-electron chi connectivity index (χ3n) is 5.20. The van der Waals surface area contributed by atoms with Crippen LogP contribution in [0.5, 0.6) is 0 Å². The van der Waals surface area contributed by atoms with E-state index in [4.69, 9.17) is 34.8 Å². The van der Waals surface area contributed by atoms with Crippen LogP contribution in [0.25, 0.3) is 0 Å². The Morgan fingerprint density at radius 2 is 1.84 bits per heavy atom. The molecule has 0 spiro atoms. The molecule has 0 radical (unpaired) electrons. The fourth-order valence-corrected chi connectivity index (χ4v) is 5.02. The first-order valence-corrected chi connectivity index (χ1v) is 11.8. The third kappa shape index (κ3) is 4.63. The number of benzene rings is 2.